The lowest BCUT2D eigenvalue weighted by molar-refractivity contribution is 0.0514. The quantitative estimate of drug-likeness (QED) is 0.145. The molecule has 3 fully saturated rings. The Balaban J connectivity index is 0.000000187. The van der Waals surface area contributed by atoms with Crippen LogP contribution in [0.3, 0.4) is 0 Å². The molecule has 398 valence electrons. The number of hydrogen-bond acceptors (Lipinski definition) is 13. The molecule has 3 N–H and O–H groups in total. The topological polar surface area (TPSA) is 143 Å². The van der Waals surface area contributed by atoms with Crippen molar-refractivity contribution in [3.05, 3.63) is 129 Å². The zero-order valence-corrected chi connectivity index (χ0v) is 46.7. The van der Waals surface area contributed by atoms with E-state index in [0.29, 0.717) is 45.8 Å². The van der Waals surface area contributed by atoms with Crippen LogP contribution in [0.15, 0.2) is 103 Å². The van der Waals surface area contributed by atoms with Crippen LogP contribution in [0.4, 0.5) is 11.6 Å². The molecule has 3 aliphatic heterocycles. The highest BCUT2D eigenvalue weighted by Crippen LogP contribution is 2.33. The molecular weight excluding hydrogens is 1010 g/mol. The summed E-state index contributed by atoms with van der Waals surface area (Å²) in [5.41, 5.74) is 0.780. The molecule has 74 heavy (non-hydrogen) atoms. The number of amides is 1. The minimum absolute atomic E-state index is 0. The second kappa shape index (κ2) is 27.7. The van der Waals surface area contributed by atoms with Gasteiger partial charge in [-0.3, -0.25) is 4.79 Å². The van der Waals surface area contributed by atoms with Gasteiger partial charge in [0.25, 0.3) is 5.91 Å². The zero-order valence-electron chi connectivity index (χ0n) is 43.7. The van der Waals surface area contributed by atoms with Crippen LogP contribution in [0.5, 0.6) is 0 Å². The first-order valence-electron chi connectivity index (χ1n) is 25.1. The highest BCUT2D eigenvalue weighted by molar-refractivity contribution is 6.38. The van der Waals surface area contributed by atoms with E-state index in [-0.39, 0.29) is 24.4 Å². The lowest BCUT2D eigenvalue weighted by Crippen LogP contribution is -2.61. The van der Waals surface area contributed by atoms with Crippen LogP contribution in [-0.2, 0) is 0 Å². The van der Waals surface area contributed by atoms with E-state index in [9.17, 15) is 4.79 Å². The minimum Gasteiger partial charge on any atom is -0.352 e. The largest absolute Gasteiger partial charge is 0.352 e. The molecule has 0 atom stereocenters. The van der Waals surface area contributed by atoms with Crippen LogP contribution >= 0.6 is 46.4 Å². The summed E-state index contributed by atoms with van der Waals surface area (Å²) < 4.78 is 0. The van der Waals surface area contributed by atoms with Crippen molar-refractivity contribution in [1.29, 1.82) is 0 Å². The molecule has 7 aromatic rings. The van der Waals surface area contributed by atoms with Gasteiger partial charge in [-0.1, -0.05) is 166 Å². The number of carbonyl (C=O) groups excluding carboxylic acids is 1. The molecule has 6 heterocycles. The van der Waals surface area contributed by atoms with Crippen LogP contribution in [0.25, 0.3) is 32.3 Å². The van der Waals surface area contributed by atoms with Gasteiger partial charge in [-0.15, -0.1) is 30.6 Å². The summed E-state index contributed by atoms with van der Waals surface area (Å²) in [5.74, 6) is 1.80. The smallest absolute Gasteiger partial charge is 0.254 e. The summed E-state index contributed by atoms with van der Waals surface area (Å²) in [6.07, 6.45) is 0. The minimum atomic E-state index is -0.340. The predicted octanol–water partition coefficient (Wildman–Crippen LogP) is 11.4. The number of carbonyl (C=O) groups is 1. The van der Waals surface area contributed by atoms with Crippen molar-refractivity contribution in [1.82, 2.24) is 56.3 Å². The fraction of sp³-hybridized carbons (Fsp3) is 0.446. The van der Waals surface area contributed by atoms with Crippen LogP contribution < -0.4 is 25.8 Å². The molecule has 0 unspecified atom stereocenters. The fourth-order valence-electron chi connectivity index (χ4n) is 9.01. The lowest BCUT2D eigenvalue weighted by Gasteiger charge is -2.47. The van der Waals surface area contributed by atoms with Crippen LogP contribution in [0.2, 0.25) is 20.6 Å². The second-order valence-electron chi connectivity index (χ2n) is 19.9. The predicted molar refractivity (Wildman–Crippen MR) is 312 cm³/mol. The first kappa shape index (κ1) is 59.8. The number of hydrogen-bond donors (Lipinski definition) is 3. The number of nitrogens with one attached hydrogen (secondary N) is 3. The molecule has 3 saturated heterocycles. The van der Waals surface area contributed by atoms with E-state index in [4.69, 9.17) is 46.4 Å². The van der Waals surface area contributed by atoms with Gasteiger partial charge in [0.1, 0.15) is 0 Å². The maximum absolute atomic E-state index is 13.0. The average molecular weight is 1090 g/mol. The number of halogens is 4. The van der Waals surface area contributed by atoms with Gasteiger partial charge in [0, 0.05) is 108 Å². The molecule has 3 aromatic heterocycles. The normalized spacial score (nSPS) is 16.5. The van der Waals surface area contributed by atoms with Gasteiger partial charge < -0.3 is 35.6 Å². The molecule has 0 bridgehead atoms. The third-order valence-corrected chi connectivity index (χ3v) is 14.1. The number of benzene rings is 4. The van der Waals surface area contributed by atoms with Crippen LogP contribution in [-0.4, -0.2) is 141 Å². The van der Waals surface area contributed by atoms with Gasteiger partial charge in [0.15, 0.2) is 32.2 Å². The highest BCUT2D eigenvalue weighted by atomic mass is 35.5. The van der Waals surface area contributed by atoms with Crippen molar-refractivity contribution >= 4 is 96.3 Å². The third kappa shape index (κ3) is 16.0. The number of nitrogens with zero attached hydrogens (tertiary/aromatic N) is 10. The molecule has 18 heteroatoms. The first-order valence-corrected chi connectivity index (χ1v) is 26.6. The Labute approximate surface area is 458 Å². The van der Waals surface area contributed by atoms with Gasteiger partial charge >= 0.3 is 0 Å². The van der Waals surface area contributed by atoms with Crippen LogP contribution in [0, 0.1) is 0 Å². The van der Waals surface area contributed by atoms with Crippen molar-refractivity contribution in [3.8, 4) is 0 Å². The zero-order chi connectivity index (χ0) is 52.8. The Bertz CT molecular complexity index is 2830. The molecular formula is C56H75Cl4N13O. The molecule has 0 saturated carbocycles. The SMILES string of the molecule is C.CC1(C)CN(c2nnc(Cl)c3ccccc23)CCN1.CC1(C)CN(c2nnc(Cl)c3ccccc23)CCN1C(=O)c1ccccc1.CC1(C)CNCCN1.CCN(CC)CC.Clc1nnc(Cl)c2ccccc12. The van der Waals surface area contributed by atoms with Crippen molar-refractivity contribution in [2.45, 2.75) is 86.4 Å². The standard InChI is InChI=1S/C21H21ClN4O.C14H17ClN4.C8H4Cl2N2.C6H14N2.C6H15N.CH4/c1-21(2)14-25(12-13-26(21)20(27)15-8-4-3-5-9-15)19-17-11-7-6-10-16(17)18(22)23-24-19;1-14(2)9-19(8-7-16-14)13-11-6-4-3-5-10(11)12(15)17-18-13;9-7-5-3-1-2-4-6(5)8(10)12-11-7;1-6(2)5-7-3-4-8-6;1-4-7(5-2)6-3;/h3-11H,12-14H2,1-2H3;3-6,16H,7-9H2,1-2H3;1-4H;7-8H,3-5H2,1-2H3;4-6H2,1-3H3;1H4. The van der Waals surface area contributed by atoms with Gasteiger partial charge in [-0.25, -0.2) is 0 Å². The van der Waals surface area contributed by atoms with Crippen molar-refractivity contribution in [2.75, 3.05) is 88.3 Å². The molecule has 10 rings (SSSR count). The monoisotopic (exact) mass is 1090 g/mol. The number of rotatable bonds is 6. The van der Waals surface area contributed by atoms with Gasteiger partial charge in [-0.05, 0) is 73.3 Å². The summed E-state index contributed by atoms with van der Waals surface area (Å²) >= 11 is 23.9. The second-order valence-corrected chi connectivity index (χ2v) is 21.4. The van der Waals surface area contributed by atoms with E-state index in [0.717, 1.165) is 88.8 Å². The molecule has 0 radical (unpaired) electrons. The Morgan fingerprint density at radius 1 is 0.514 bits per heavy atom. The summed E-state index contributed by atoms with van der Waals surface area (Å²) in [4.78, 5) is 21.8. The van der Waals surface area contributed by atoms with E-state index in [1.165, 1.54) is 19.6 Å². The highest BCUT2D eigenvalue weighted by Gasteiger charge is 2.38. The average Bonchev–Trinajstić information content (AvgIpc) is 3.39. The number of anilines is 2. The summed E-state index contributed by atoms with van der Waals surface area (Å²) in [5, 5.41) is 41.7. The van der Waals surface area contributed by atoms with E-state index >= 15 is 0 Å². The molecule has 3 aliphatic rings. The van der Waals surface area contributed by atoms with Crippen LogP contribution in [0.1, 0.15) is 80.1 Å². The third-order valence-electron chi connectivity index (χ3n) is 13.0. The molecule has 4 aromatic carbocycles. The fourth-order valence-corrected chi connectivity index (χ4v) is 9.82. The Morgan fingerprint density at radius 3 is 1.30 bits per heavy atom. The summed E-state index contributed by atoms with van der Waals surface area (Å²) in [6, 6.07) is 32.8. The first-order chi connectivity index (χ1) is 34.9. The lowest BCUT2D eigenvalue weighted by atomic mass is 9.97. The van der Waals surface area contributed by atoms with Crippen molar-refractivity contribution in [2.24, 2.45) is 0 Å². The van der Waals surface area contributed by atoms with E-state index < -0.39 is 0 Å². The Hall–Kier alpha value is -5.03. The van der Waals surface area contributed by atoms with E-state index in [1.807, 2.05) is 102 Å². The number of piperazine rings is 3. The van der Waals surface area contributed by atoms with Crippen molar-refractivity contribution < 1.29 is 4.79 Å². The molecule has 0 aliphatic carbocycles. The van der Waals surface area contributed by atoms with Gasteiger partial charge in [-0.2, -0.15) is 0 Å². The van der Waals surface area contributed by atoms with E-state index in [2.05, 4.69) is 130 Å². The summed E-state index contributed by atoms with van der Waals surface area (Å²) in [7, 11) is 0. The number of fused-ring (bicyclic) bond motifs is 3. The van der Waals surface area contributed by atoms with E-state index in [1.54, 1.807) is 0 Å². The summed E-state index contributed by atoms with van der Waals surface area (Å²) in [6.45, 7) is 31.2. The number of aromatic nitrogens is 6. The Kier molecular flexibility index (Phi) is 22.4. The van der Waals surface area contributed by atoms with Gasteiger partial charge in [0.05, 0.1) is 5.54 Å². The van der Waals surface area contributed by atoms with Gasteiger partial charge in [0.2, 0.25) is 0 Å². The molecule has 0 spiro atoms. The van der Waals surface area contributed by atoms with Crippen molar-refractivity contribution in [3.63, 3.8) is 0 Å². The molecule has 1 amide bonds. The molecule has 14 nitrogen and oxygen atoms in total. The maximum atomic E-state index is 13.0. The maximum Gasteiger partial charge on any atom is 0.254 e. The Morgan fingerprint density at radius 2 is 0.919 bits per heavy atom.